The quantitative estimate of drug-likeness (QED) is 0.623. The molecule has 0 bridgehead atoms. The number of amides is 1. The number of hydrogen-bond acceptors (Lipinski definition) is 5. The maximum absolute atomic E-state index is 12.9. The van der Waals surface area contributed by atoms with E-state index in [1.54, 1.807) is 18.5 Å². The van der Waals surface area contributed by atoms with Gasteiger partial charge in [-0.3, -0.25) is 9.78 Å². The van der Waals surface area contributed by atoms with Gasteiger partial charge in [-0.15, -0.1) is 0 Å². The zero-order valence-corrected chi connectivity index (χ0v) is 17.9. The molecule has 0 unspecified atom stereocenters. The number of carbonyl (C=O) groups excluding carboxylic acids is 2. The summed E-state index contributed by atoms with van der Waals surface area (Å²) < 4.78 is 5.40. The lowest BCUT2D eigenvalue weighted by Gasteiger charge is -2.34. The van der Waals surface area contributed by atoms with Crippen molar-refractivity contribution in [1.82, 2.24) is 15.3 Å². The first-order valence-electron chi connectivity index (χ1n) is 10.8. The van der Waals surface area contributed by atoms with Crippen LogP contribution in [-0.4, -0.2) is 34.5 Å². The molecule has 1 fully saturated rings. The van der Waals surface area contributed by atoms with Crippen molar-refractivity contribution in [2.75, 3.05) is 6.61 Å². The minimum Gasteiger partial charge on any atom is -0.452 e. The molecule has 6 nitrogen and oxygen atoms in total. The summed E-state index contributed by atoms with van der Waals surface area (Å²) in [4.78, 5) is 34.1. The van der Waals surface area contributed by atoms with E-state index in [0.717, 1.165) is 18.4 Å². The number of carbonyl (C=O) groups is 2. The van der Waals surface area contributed by atoms with E-state index >= 15 is 0 Å². The topological polar surface area (TPSA) is 81.2 Å². The Kier molecular flexibility index (Phi) is 6.26. The number of ether oxygens (including phenoxy) is 1. The predicted octanol–water partition coefficient (Wildman–Crippen LogP) is 4.39. The van der Waals surface area contributed by atoms with Gasteiger partial charge in [0.15, 0.2) is 6.61 Å². The van der Waals surface area contributed by atoms with E-state index in [1.807, 2.05) is 36.4 Å². The smallest absolute Gasteiger partial charge is 0.339 e. The minimum absolute atomic E-state index is 0.134. The molecule has 0 radical (unpaired) electrons. The standard InChI is InChI=1S/C25H27N3O3/c1-16-6-5-9-21(17(16)2)28-24(29)15-31-25(30)20-14-23(18-10-12-26-13-11-18)27-22-8-4-3-7-19(20)22/h3-4,7-8,10-14,16-17,21H,5-6,9,15H2,1-2H3,(H,28,29)/t16-,17+,21-/m1/s1. The molecule has 1 amide bonds. The molecule has 160 valence electrons. The monoisotopic (exact) mass is 417 g/mol. The van der Waals surface area contributed by atoms with Crippen LogP contribution >= 0.6 is 0 Å². The lowest BCUT2D eigenvalue weighted by atomic mass is 9.78. The highest BCUT2D eigenvalue weighted by Crippen LogP contribution is 2.29. The number of aromatic nitrogens is 2. The number of hydrogen-bond donors (Lipinski definition) is 1. The summed E-state index contributed by atoms with van der Waals surface area (Å²) in [5, 5.41) is 3.74. The van der Waals surface area contributed by atoms with Crippen LogP contribution in [0.3, 0.4) is 0 Å². The van der Waals surface area contributed by atoms with Crippen LogP contribution in [0.1, 0.15) is 43.5 Å². The molecule has 4 rings (SSSR count). The first-order chi connectivity index (χ1) is 15.0. The van der Waals surface area contributed by atoms with E-state index in [4.69, 9.17) is 4.74 Å². The Morgan fingerprint density at radius 2 is 1.87 bits per heavy atom. The van der Waals surface area contributed by atoms with Gasteiger partial charge in [-0.2, -0.15) is 0 Å². The fourth-order valence-electron chi connectivity index (χ4n) is 4.26. The van der Waals surface area contributed by atoms with Crippen LogP contribution in [0.4, 0.5) is 0 Å². The Morgan fingerprint density at radius 1 is 1.10 bits per heavy atom. The molecule has 1 aliphatic carbocycles. The summed E-state index contributed by atoms with van der Waals surface area (Å²) >= 11 is 0. The number of nitrogens with zero attached hydrogens (tertiary/aromatic N) is 2. The molecule has 1 saturated carbocycles. The molecule has 3 aromatic rings. The van der Waals surface area contributed by atoms with Gasteiger partial charge in [0.25, 0.3) is 5.91 Å². The molecule has 2 heterocycles. The number of nitrogens with one attached hydrogen (secondary N) is 1. The average Bonchev–Trinajstić information content (AvgIpc) is 2.80. The lowest BCUT2D eigenvalue weighted by Crippen LogP contribution is -2.45. The second kappa shape index (κ2) is 9.25. The van der Waals surface area contributed by atoms with Gasteiger partial charge in [0.05, 0.1) is 16.8 Å². The van der Waals surface area contributed by atoms with Gasteiger partial charge < -0.3 is 10.1 Å². The van der Waals surface area contributed by atoms with Gasteiger partial charge in [-0.25, -0.2) is 9.78 Å². The zero-order chi connectivity index (χ0) is 21.8. The van der Waals surface area contributed by atoms with Gasteiger partial charge in [-0.05, 0) is 42.5 Å². The largest absolute Gasteiger partial charge is 0.452 e. The summed E-state index contributed by atoms with van der Waals surface area (Å²) in [5.74, 6) is 0.206. The van der Waals surface area contributed by atoms with Crippen LogP contribution in [0, 0.1) is 11.8 Å². The summed E-state index contributed by atoms with van der Waals surface area (Å²) in [5.41, 5.74) is 2.60. The molecule has 31 heavy (non-hydrogen) atoms. The van der Waals surface area contributed by atoms with Gasteiger partial charge in [0, 0.05) is 29.4 Å². The fraction of sp³-hybridized carbons (Fsp3) is 0.360. The van der Waals surface area contributed by atoms with Crippen molar-refractivity contribution in [1.29, 1.82) is 0 Å². The Morgan fingerprint density at radius 3 is 2.68 bits per heavy atom. The third kappa shape index (κ3) is 4.74. The molecule has 0 aliphatic heterocycles. The van der Waals surface area contributed by atoms with Gasteiger partial charge in [0.1, 0.15) is 0 Å². The van der Waals surface area contributed by atoms with E-state index in [2.05, 4.69) is 29.1 Å². The second-order valence-corrected chi connectivity index (χ2v) is 8.33. The predicted molar refractivity (Wildman–Crippen MR) is 119 cm³/mol. The minimum atomic E-state index is -0.533. The van der Waals surface area contributed by atoms with Crippen molar-refractivity contribution in [3.8, 4) is 11.3 Å². The first kappa shape index (κ1) is 21.0. The van der Waals surface area contributed by atoms with Gasteiger partial charge in [0.2, 0.25) is 0 Å². The Bertz CT molecular complexity index is 1080. The van der Waals surface area contributed by atoms with Crippen molar-refractivity contribution in [2.24, 2.45) is 11.8 Å². The van der Waals surface area contributed by atoms with Gasteiger partial charge >= 0.3 is 5.97 Å². The maximum atomic E-state index is 12.9. The number of para-hydroxylation sites is 1. The highest BCUT2D eigenvalue weighted by Gasteiger charge is 2.28. The van der Waals surface area contributed by atoms with Crippen molar-refractivity contribution in [3.05, 3.63) is 60.4 Å². The number of pyridine rings is 2. The first-order valence-corrected chi connectivity index (χ1v) is 10.8. The number of fused-ring (bicyclic) bond motifs is 1. The SMILES string of the molecule is C[C@H]1[C@H](C)CCC[C@H]1NC(=O)COC(=O)c1cc(-c2ccncc2)nc2ccccc12. The highest BCUT2D eigenvalue weighted by atomic mass is 16.5. The van der Waals surface area contributed by atoms with E-state index in [9.17, 15) is 9.59 Å². The van der Waals surface area contributed by atoms with Crippen LogP contribution in [0.15, 0.2) is 54.9 Å². The Hall–Kier alpha value is -3.28. The number of benzene rings is 1. The van der Waals surface area contributed by atoms with Crippen molar-refractivity contribution in [2.45, 2.75) is 39.2 Å². The van der Waals surface area contributed by atoms with E-state index in [1.165, 1.54) is 6.42 Å². The van der Waals surface area contributed by atoms with E-state index in [-0.39, 0.29) is 18.6 Å². The van der Waals surface area contributed by atoms with Crippen molar-refractivity contribution < 1.29 is 14.3 Å². The Labute approximate surface area is 182 Å². The molecule has 0 saturated heterocycles. The number of esters is 1. The summed E-state index contributed by atoms with van der Waals surface area (Å²) in [6.07, 6.45) is 6.63. The maximum Gasteiger partial charge on any atom is 0.339 e. The highest BCUT2D eigenvalue weighted by molar-refractivity contribution is 6.05. The molecule has 1 aromatic carbocycles. The van der Waals surface area contributed by atoms with Crippen LogP contribution in [0.5, 0.6) is 0 Å². The van der Waals surface area contributed by atoms with Crippen molar-refractivity contribution >= 4 is 22.8 Å². The summed E-state index contributed by atoms with van der Waals surface area (Å²) in [6.45, 7) is 4.10. The third-order valence-electron chi connectivity index (χ3n) is 6.30. The van der Waals surface area contributed by atoms with E-state index < -0.39 is 5.97 Å². The number of rotatable bonds is 5. The average molecular weight is 418 g/mol. The van der Waals surface area contributed by atoms with Crippen molar-refractivity contribution in [3.63, 3.8) is 0 Å². The molecule has 2 aromatic heterocycles. The molecule has 1 N–H and O–H groups in total. The van der Waals surface area contributed by atoms with E-state index in [0.29, 0.717) is 34.0 Å². The fourth-order valence-corrected chi connectivity index (χ4v) is 4.26. The molecule has 1 aliphatic rings. The Balaban J connectivity index is 1.50. The summed E-state index contributed by atoms with van der Waals surface area (Å²) in [6, 6.07) is 12.9. The molecule has 6 heteroatoms. The molecule has 0 spiro atoms. The molecular weight excluding hydrogens is 390 g/mol. The van der Waals surface area contributed by atoms with Crippen LogP contribution in [0.2, 0.25) is 0 Å². The second-order valence-electron chi connectivity index (χ2n) is 8.33. The molecule has 3 atom stereocenters. The zero-order valence-electron chi connectivity index (χ0n) is 17.9. The van der Waals surface area contributed by atoms with Crippen LogP contribution in [0.25, 0.3) is 22.2 Å². The molecular formula is C25H27N3O3. The van der Waals surface area contributed by atoms with Crippen LogP contribution < -0.4 is 5.32 Å². The summed E-state index contributed by atoms with van der Waals surface area (Å²) in [7, 11) is 0. The third-order valence-corrected chi connectivity index (χ3v) is 6.30. The lowest BCUT2D eigenvalue weighted by molar-refractivity contribution is -0.125. The normalized spacial score (nSPS) is 20.9. The van der Waals surface area contributed by atoms with Gasteiger partial charge in [-0.1, -0.05) is 44.9 Å². The van der Waals surface area contributed by atoms with Crippen LogP contribution in [-0.2, 0) is 9.53 Å².